The fraction of sp³-hybridized carbons (Fsp3) is 0.300. The van der Waals surface area contributed by atoms with E-state index in [-0.39, 0.29) is 5.91 Å². The molecule has 1 saturated heterocycles. The summed E-state index contributed by atoms with van der Waals surface area (Å²) in [5.74, 6) is 0.646. The van der Waals surface area contributed by atoms with Crippen LogP contribution in [0.25, 0.3) is 0 Å². The van der Waals surface area contributed by atoms with E-state index in [1.807, 2.05) is 35.2 Å². The maximum Gasteiger partial charge on any atom is 0.254 e. The topological polar surface area (TPSA) is 56.6 Å². The Labute approximate surface area is 158 Å². The molecule has 3 rings (SSSR count). The summed E-state index contributed by atoms with van der Waals surface area (Å²) in [6.45, 7) is 2.38. The van der Waals surface area contributed by atoms with Crippen LogP contribution in [0.15, 0.2) is 48.5 Å². The fourth-order valence-corrected chi connectivity index (χ4v) is 3.41. The van der Waals surface area contributed by atoms with Gasteiger partial charge in [-0.1, -0.05) is 35.9 Å². The molecule has 2 aromatic carbocycles. The van der Waals surface area contributed by atoms with E-state index in [0.29, 0.717) is 42.5 Å². The van der Waals surface area contributed by atoms with Crippen LogP contribution in [0.3, 0.4) is 0 Å². The number of halogens is 1. The van der Waals surface area contributed by atoms with Gasteiger partial charge in [0.05, 0.1) is 13.2 Å². The zero-order chi connectivity index (χ0) is 18.5. The number of methoxy groups -OCH3 is 1. The largest absolute Gasteiger partial charge is 0.497 e. The molecular weight excluding hydrogens is 350 g/mol. The molecule has 0 spiro atoms. The Morgan fingerprint density at radius 1 is 1.15 bits per heavy atom. The van der Waals surface area contributed by atoms with Gasteiger partial charge < -0.3 is 9.64 Å². The number of rotatable bonds is 4. The van der Waals surface area contributed by atoms with Crippen LogP contribution in [0.2, 0.25) is 5.02 Å². The molecular formula is C20H20ClN3O2. The molecule has 134 valence electrons. The van der Waals surface area contributed by atoms with Crippen LogP contribution in [0, 0.1) is 11.3 Å². The van der Waals surface area contributed by atoms with E-state index in [2.05, 4.69) is 11.0 Å². The summed E-state index contributed by atoms with van der Waals surface area (Å²) in [5, 5.41) is 10.2. The third-order valence-electron chi connectivity index (χ3n) is 4.61. The van der Waals surface area contributed by atoms with E-state index in [9.17, 15) is 10.1 Å². The van der Waals surface area contributed by atoms with Crippen LogP contribution in [0.1, 0.15) is 22.0 Å². The molecule has 0 aliphatic carbocycles. The molecule has 0 aromatic heterocycles. The Bertz CT molecular complexity index is 826. The van der Waals surface area contributed by atoms with Crippen molar-refractivity contribution in [3.8, 4) is 11.8 Å². The Hall–Kier alpha value is -2.55. The Balaban J connectivity index is 1.67. The summed E-state index contributed by atoms with van der Waals surface area (Å²) in [6.07, 6.45) is 0. The first-order chi connectivity index (χ1) is 12.6. The highest BCUT2D eigenvalue weighted by atomic mass is 35.5. The van der Waals surface area contributed by atoms with Crippen LogP contribution in [0.5, 0.6) is 5.75 Å². The second kappa shape index (κ2) is 8.22. The van der Waals surface area contributed by atoms with Crippen molar-refractivity contribution in [2.75, 3.05) is 33.3 Å². The van der Waals surface area contributed by atoms with Gasteiger partial charge >= 0.3 is 0 Å². The highest BCUT2D eigenvalue weighted by Crippen LogP contribution is 2.28. The van der Waals surface area contributed by atoms with E-state index < -0.39 is 6.04 Å². The molecule has 0 N–H and O–H groups in total. The maximum absolute atomic E-state index is 12.7. The summed E-state index contributed by atoms with van der Waals surface area (Å²) >= 11 is 6.25. The summed E-state index contributed by atoms with van der Waals surface area (Å²) in [5.41, 5.74) is 1.42. The van der Waals surface area contributed by atoms with Crippen LogP contribution in [0.4, 0.5) is 0 Å². The summed E-state index contributed by atoms with van der Waals surface area (Å²) in [6, 6.07) is 16.5. The molecule has 2 aromatic rings. The van der Waals surface area contributed by atoms with Gasteiger partial charge in [0.15, 0.2) is 0 Å². The van der Waals surface area contributed by atoms with Crippen molar-refractivity contribution in [2.24, 2.45) is 0 Å². The molecule has 0 bridgehead atoms. The van der Waals surface area contributed by atoms with Gasteiger partial charge in [-0.25, -0.2) is 0 Å². The predicted molar refractivity (Wildman–Crippen MR) is 100 cm³/mol. The Kier molecular flexibility index (Phi) is 5.77. The highest BCUT2D eigenvalue weighted by Gasteiger charge is 2.28. The second-order valence-electron chi connectivity index (χ2n) is 6.11. The molecule has 1 atom stereocenters. The first kappa shape index (κ1) is 18.2. The lowest BCUT2D eigenvalue weighted by atomic mass is 10.1. The third-order valence-corrected chi connectivity index (χ3v) is 4.95. The number of amides is 1. The number of carbonyl (C=O) groups excluding carboxylic acids is 1. The number of hydrogen-bond acceptors (Lipinski definition) is 4. The number of nitrogens with zero attached hydrogens (tertiary/aromatic N) is 3. The van der Waals surface area contributed by atoms with Gasteiger partial charge in [0, 0.05) is 42.3 Å². The van der Waals surface area contributed by atoms with E-state index in [0.717, 1.165) is 5.56 Å². The van der Waals surface area contributed by atoms with Gasteiger partial charge in [0.2, 0.25) is 0 Å². The van der Waals surface area contributed by atoms with Crippen molar-refractivity contribution in [3.63, 3.8) is 0 Å². The molecule has 0 saturated carbocycles. The van der Waals surface area contributed by atoms with E-state index in [4.69, 9.17) is 16.3 Å². The zero-order valence-electron chi connectivity index (χ0n) is 14.6. The van der Waals surface area contributed by atoms with Gasteiger partial charge in [-0.05, 0) is 24.3 Å². The van der Waals surface area contributed by atoms with Crippen molar-refractivity contribution >= 4 is 17.5 Å². The Morgan fingerprint density at radius 3 is 2.54 bits per heavy atom. The van der Waals surface area contributed by atoms with Gasteiger partial charge in [-0.3, -0.25) is 9.69 Å². The van der Waals surface area contributed by atoms with Crippen molar-refractivity contribution < 1.29 is 9.53 Å². The van der Waals surface area contributed by atoms with Gasteiger partial charge in [0.25, 0.3) is 5.91 Å². The summed E-state index contributed by atoms with van der Waals surface area (Å²) < 4.78 is 5.19. The number of benzene rings is 2. The molecule has 1 heterocycles. The SMILES string of the molecule is COc1cccc(C(=O)N2CCN(C(C#N)c3ccccc3Cl)CC2)c1. The van der Waals surface area contributed by atoms with Crippen molar-refractivity contribution in [2.45, 2.75) is 6.04 Å². The van der Waals surface area contributed by atoms with Crippen molar-refractivity contribution in [3.05, 3.63) is 64.7 Å². The van der Waals surface area contributed by atoms with Gasteiger partial charge in [-0.2, -0.15) is 5.26 Å². The molecule has 1 amide bonds. The second-order valence-corrected chi connectivity index (χ2v) is 6.52. The first-order valence-corrected chi connectivity index (χ1v) is 8.83. The van der Waals surface area contributed by atoms with Gasteiger partial charge in [-0.15, -0.1) is 0 Å². The van der Waals surface area contributed by atoms with E-state index in [1.54, 1.807) is 25.3 Å². The average molecular weight is 370 g/mol. The Morgan fingerprint density at radius 2 is 1.88 bits per heavy atom. The summed E-state index contributed by atoms with van der Waals surface area (Å²) in [4.78, 5) is 16.6. The normalized spacial score (nSPS) is 16.0. The number of piperazine rings is 1. The number of hydrogen-bond donors (Lipinski definition) is 0. The van der Waals surface area contributed by atoms with Crippen molar-refractivity contribution in [1.29, 1.82) is 5.26 Å². The molecule has 0 radical (unpaired) electrons. The highest BCUT2D eigenvalue weighted by molar-refractivity contribution is 6.31. The molecule has 5 nitrogen and oxygen atoms in total. The van der Waals surface area contributed by atoms with E-state index >= 15 is 0 Å². The lowest BCUT2D eigenvalue weighted by molar-refractivity contribution is 0.0606. The van der Waals surface area contributed by atoms with Crippen LogP contribution in [-0.4, -0.2) is 49.0 Å². The average Bonchev–Trinajstić information content (AvgIpc) is 2.70. The number of carbonyl (C=O) groups is 1. The molecule has 1 unspecified atom stereocenters. The van der Waals surface area contributed by atoms with E-state index in [1.165, 1.54) is 0 Å². The maximum atomic E-state index is 12.7. The fourth-order valence-electron chi connectivity index (χ4n) is 3.17. The van der Waals surface area contributed by atoms with Crippen LogP contribution in [-0.2, 0) is 0 Å². The smallest absolute Gasteiger partial charge is 0.254 e. The molecule has 26 heavy (non-hydrogen) atoms. The zero-order valence-corrected chi connectivity index (χ0v) is 15.3. The molecule has 6 heteroatoms. The predicted octanol–water partition coefficient (Wildman–Crippen LogP) is 3.37. The van der Waals surface area contributed by atoms with Gasteiger partial charge in [0.1, 0.15) is 11.8 Å². The quantitative estimate of drug-likeness (QED) is 0.829. The minimum absolute atomic E-state index is 0.0187. The third kappa shape index (κ3) is 3.82. The standard InChI is InChI=1S/C20H20ClN3O2/c1-26-16-6-4-5-15(13-16)20(25)24-11-9-23(10-12-24)19(14-22)17-7-2-3-8-18(17)21/h2-8,13,19H,9-12H2,1H3. The lowest BCUT2D eigenvalue weighted by Crippen LogP contribution is -2.49. The lowest BCUT2D eigenvalue weighted by Gasteiger charge is -2.37. The molecule has 1 aliphatic rings. The minimum atomic E-state index is -0.405. The number of nitriles is 1. The van der Waals surface area contributed by atoms with Crippen LogP contribution >= 0.6 is 11.6 Å². The minimum Gasteiger partial charge on any atom is -0.497 e. The van der Waals surface area contributed by atoms with Crippen LogP contribution < -0.4 is 4.74 Å². The molecule has 1 aliphatic heterocycles. The number of ether oxygens (including phenoxy) is 1. The first-order valence-electron chi connectivity index (χ1n) is 8.45. The summed E-state index contributed by atoms with van der Waals surface area (Å²) in [7, 11) is 1.58. The monoisotopic (exact) mass is 369 g/mol. The molecule has 1 fully saturated rings. The van der Waals surface area contributed by atoms with Crippen molar-refractivity contribution in [1.82, 2.24) is 9.80 Å².